The summed E-state index contributed by atoms with van der Waals surface area (Å²) in [5.41, 5.74) is 0. The van der Waals surface area contributed by atoms with Crippen LogP contribution in [0, 0.1) is 5.92 Å². The molecule has 0 bridgehead atoms. The van der Waals surface area contributed by atoms with Crippen molar-refractivity contribution in [3.63, 3.8) is 0 Å². The molecule has 0 aromatic carbocycles. The van der Waals surface area contributed by atoms with Gasteiger partial charge in [-0.1, -0.05) is 13.8 Å². The summed E-state index contributed by atoms with van der Waals surface area (Å²) in [6, 6.07) is -1.18. The van der Waals surface area contributed by atoms with Gasteiger partial charge in [0, 0.05) is 6.61 Å². The van der Waals surface area contributed by atoms with Gasteiger partial charge in [0.15, 0.2) is 0 Å². The lowest BCUT2D eigenvalue weighted by Crippen LogP contribution is -2.55. The zero-order valence-corrected chi connectivity index (χ0v) is 11.3. The van der Waals surface area contributed by atoms with E-state index in [1.807, 2.05) is 13.8 Å². The molecule has 1 aliphatic heterocycles. The van der Waals surface area contributed by atoms with E-state index in [2.05, 4.69) is 10.6 Å². The lowest BCUT2D eigenvalue weighted by atomic mass is 10.0. The number of carboxylic acid groups (broad SMARTS) is 1. The van der Waals surface area contributed by atoms with E-state index in [-0.39, 0.29) is 18.6 Å². The number of hydrogen-bond acceptors (Lipinski definition) is 4. The van der Waals surface area contributed by atoms with Crippen LogP contribution < -0.4 is 10.6 Å². The Balaban J connectivity index is 2.57. The van der Waals surface area contributed by atoms with Crippen LogP contribution in [0.15, 0.2) is 0 Å². The van der Waals surface area contributed by atoms with E-state index >= 15 is 0 Å². The van der Waals surface area contributed by atoms with Gasteiger partial charge in [0.05, 0.1) is 18.8 Å². The summed E-state index contributed by atoms with van der Waals surface area (Å²) >= 11 is 0. The van der Waals surface area contributed by atoms with E-state index in [1.165, 1.54) is 0 Å². The fourth-order valence-electron chi connectivity index (χ4n) is 2.03. The lowest BCUT2D eigenvalue weighted by molar-refractivity contribution is -0.126. The summed E-state index contributed by atoms with van der Waals surface area (Å²) in [4.78, 5) is 22.7. The highest BCUT2D eigenvalue weighted by molar-refractivity contribution is 5.85. The first-order valence-corrected chi connectivity index (χ1v) is 6.45. The van der Waals surface area contributed by atoms with Gasteiger partial charge in [-0.15, -0.1) is 0 Å². The first kappa shape index (κ1) is 15.7. The highest BCUT2D eigenvalue weighted by Crippen LogP contribution is 2.10. The van der Waals surface area contributed by atoms with E-state index in [0.29, 0.717) is 19.4 Å². The monoisotopic (exact) mass is 274 g/mol. The molecule has 1 heterocycles. The van der Waals surface area contributed by atoms with Gasteiger partial charge in [-0.3, -0.25) is 4.79 Å². The van der Waals surface area contributed by atoms with Crippen molar-refractivity contribution in [3.8, 4) is 0 Å². The Morgan fingerprint density at radius 1 is 1.42 bits per heavy atom. The predicted molar refractivity (Wildman–Crippen MR) is 67.8 cm³/mol. The van der Waals surface area contributed by atoms with Gasteiger partial charge in [0.2, 0.25) is 5.91 Å². The third-order valence-corrected chi connectivity index (χ3v) is 2.98. The standard InChI is InChI=1S/C12H22N2O5/c1-7(2)5-9(14-12(17)18)11(16)13-8-3-4-19-6-10(8)15/h7-10,14-15H,3-6H2,1-2H3,(H,13,16)(H,17,18)/t8?,9-,10?/m0/s1. The van der Waals surface area contributed by atoms with Crippen molar-refractivity contribution in [3.05, 3.63) is 0 Å². The molecule has 110 valence electrons. The van der Waals surface area contributed by atoms with Crippen LogP contribution in [-0.2, 0) is 9.53 Å². The fraction of sp³-hybridized carbons (Fsp3) is 0.833. The molecule has 7 heteroatoms. The summed E-state index contributed by atoms with van der Waals surface area (Å²) in [5.74, 6) is -0.218. The van der Waals surface area contributed by atoms with Gasteiger partial charge in [-0.2, -0.15) is 0 Å². The van der Waals surface area contributed by atoms with Gasteiger partial charge >= 0.3 is 6.09 Å². The molecule has 1 aliphatic rings. The normalized spacial score (nSPS) is 24.8. The van der Waals surface area contributed by atoms with Crippen molar-refractivity contribution in [2.75, 3.05) is 13.2 Å². The van der Waals surface area contributed by atoms with E-state index < -0.39 is 24.1 Å². The number of nitrogens with one attached hydrogen (secondary N) is 2. The fourth-order valence-corrected chi connectivity index (χ4v) is 2.03. The third kappa shape index (κ3) is 5.44. The molecule has 0 aromatic rings. The minimum atomic E-state index is -1.23. The molecule has 7 nitrogen and oxygen atoms in total. The molecule has 4 N–H and O–H groups in total. The van der Waals surface area contributed by atoms with Crippen LogP contribution in [0.4, 0.5) is 4.79 Å². The van der Waals surface area contributed by atoms with Crippen LogP contribution in [0.5, 0.6) is 0 Å². The molecule has 0 radical (unpaired) electrons. The topological polar surface area (TPSA) is 108 Å². The predicted octanol–water partition coefficient (Wildman–Crippen LogP) is -0.0653. The number of amides is 2. The zero-order valence-electron chi connectivity index (χ0n) is 11.3. The summed E-state index contributed by atoms with van der Waals surface area (Å²) in [5, 5.41) is 23.3. The van der Waals surface area contributed by atoms with Gasteiger partial charge in [0.1, 0.15) is 6.04 Å². The SMILES string of the molecule is CC(C)C[C@H](NC(=O)O)C(=O)NC1CCOCC1O. The summed E-state index contributed by atoms with van der Waals surface area (Å²) in [6.07, 6.45) is -1.04. The summed E-state index contributed by atoms with van der Waals surface area (Å²) in [6.45, 7) is 4.48. The van der Waals surface area contributed by atoms with Crippen molar-refractivity contribution in [2.45, 2.75) is 44.9 Å². The van der Waals surface area contributed by atoms with Crippen LogP contribution in [0.25, 0.3) is 0 Å². The average molecular weight is 274 g/mol. The molecule has 2 amide bonds. The lowest BCUT2D eigenvalue weighted by Gasteiger charge is -2.30. The molecule has 0 saturated carbocycles. The zero-order chi connectivity index (χ0) is 14.4. The Labute approximate surface area is 112 Å². The van der Waals surface area contributed by atoms with Crippen LogP contribution in [0.2, 0.25) is 0 Å². The number of aliphatic hydroxyl groups is 1. The third-order valence-electron chi connectivity index (χ3n) is 2.98. The number of carbonyl (C=O) groups excluding carboxylic acids is 1. The summed E-state index contributed by atoms with van der Waals surface area (Å²) < 4.78 is 5.07. The van der Waals surface area contributed by atoms with Crippen LogP contribution >= 0.6 is 0 Å². The molecule has 19 heavy (non-hydrogen) atoms. The Kier molecular flexibility index (Phi) is 6.04. The Morgan fingerprint density at radius 2 is 2.11 bits per heavy atom. The molecule has 0 aliphatic carbocycles. The maximum atomic E-state index is 12.0. The van der Waals surface area contributed by atoms with Crippen molar-refractivity contribution in [1.29, 1.82) is 0 Å². The van der Waals surface area contributed by atoms with Crippen LogP contribution in [-0.4, -0.2) is 53.6 Å². The average Bonchev–Trinajstić information content (AvgIpc) is 2.30. The van der Waals surface area contributed by atoms with Crippen molar-refractivity contribution in [1.82, 2.24) is 10.6 Å². The Hall–Kier alpha value is -1.34. The number of carbonyl (C=O) groups is 2. The first-order valence-electron chi connectivity index (χ1n) is 6.45. The van der Waals surface area contributed by atoms with Gasteiger partial charge in [0.25, 0.3) is 0 Å². The molecule has 3 atom stereocenters. The molecule has 1 rings (SSSR count). The quantitative estimate of drug-likeness (QED) is 0.561. The van der Waals surface area contributed by atoms with Crippen molar-refractivity contribution >= 4 is 12.0 Å². The van der Waals surface area contributed by atoms with Crippen LogP contribution in [0.3, 0.4) is 0 Å². The van der Waals surface area contributed by atoms with E-state index in [0.717, 1.165) is 0 Å². The molecule has 1 saturated heterocycles. The molecule has 0 aromatic heterocycles. The second kappa shape index (κ2) is 7.30. The second-order valence-electron chi connectivity index (χ2n) is 5.18. The number of aliphatic hydroxyl groups excluding tert-OH is 1. The molecule has 1 fully saturated rings. The van der Waals surface area contributed by atoms with Crippen molar-refractivity contribution < 1.29 is 24.5 Å². The number of rotatable bonds is 5. The highest BCUT2D eigenvalue weighted by Gasteiger charge is 2.29. The Bertz CT molecular complexity index is 321. The largest absolute Gasteiger partial charge is 0.465 e. The second-order valence-corrected chi connectivity index (χ2v) is 5.18. The first-order chi connectivity index (χ1) is 8.90. The van der Waals surface area contributed by atoms with E-state index in [1.54, 1.807) is 0 Å². The smallest absolute Gasteiger partial charge is 0.405 e. The Morgan fingerprint density at radius 3 is 2.63 bits per heavy atom. The molecule has 0 spiro atoms. The minimum absolute atomic E-state index is 0.183. The van der Waals surface area contributed by atoms with E-state index in [4.69, 9.17) is 9.84 Å². The van der Waals surface area contributed by atoms with Crippen LogP contribution in [0.1, 0.15) is 26.7 Å². The number of ether oxygens (including phenoxy) is 1. The maximum Gasteiger partial charge on any atom is 0.405 e. The van der Waals surface area contributed by atoms with Crippen molar-refractivity contribution in [2.24, 2.45) is 5.92 Å². The van der Waals surface area contributed by atoms with Gasteiger partial charge in [-0.05, 0) is 18.8 Å². The minimum Gasteiger partial charge on any atom is -0.465 e. The van der Waals surface area contributed by atoms with E-state index in [9.17, 15) is 14.7 Å². The molecule has 2 unspecified atom stereocenters. The van der Waals surface area contributed by atoms with Gasteiger partial charge in [-0.25, -0.2) is 4.79 Å². The highest BCUT2D eigenvalue weighted by atomic mass is 16.5. The maximum absolute atomic E-state index is 12.0. The molecular formula is C12H22N2O5. The molecular weight excluding hydrogens is 252 g/mol. The summed E-state index contributed by atoms with van der Waals surface area (Å²) in [7, 11) is 0. The number of hydrogen-bond donors (Lipinski definition) is 4. The van der Waals surface area contributed by atoms with Gasteiger partial charge < -0.3 is 25.6 Å².